The van der Waals surface area contributed by atoms with Crippen molar-refractivity contribution in [3.63, 3.8) is 0 Å². The van der Waals surface area contributed by atoms with Gasteiger partial charge < -0.3 is 58.9 Å². The van der Waals surface area contributed by atoms with Crippen molar-refractivity contribution in [3.05, 3.63) is 0 Å². The highest BCUT2D eigenvalue weighted by molar-refractivity contribution is 7.80. The molecule has 8 amide bonds. The minimum atomic E-state index is -1.76. The molecule has 0 heterocycles. The molecular formula is C25H41N9O12S. The molecule has 0 saturated carbocycles. The number of rotatable bonds is 22. The van der Waals surface area contributed by atoms with E-state index < -0.39 is 128 Å². The van der Waals surface area contributed by atoms with E-state index in [9.17, 15) is 47.9 Å². The molecule has 0 saturated heterocycles. The Morgan fingerprint density at radius 3 is 1.70 bits per heavy atom. The molecule has 0 spiro atoms. The molecular weight excluding hydrogens is 650 g/mol. The van der Waals surface area contributed by atoms with Gasteiger partial charge in [0.1, 0.15) is 30.7 Å². The van der Waals surface area contributed by atoms with Crippen LogP contribution in [0.3, 0.4) is 0 Å². The van der Waals surface area contributed by atoms with Gasteiger partial charge in [0.2, 0.25) is 47.3 Å². The molecule has 0 radical (unpaired) electrons. The molecule has 264 valence electrons. The quantitative estimate of drug-likeness (QED) is 0.0471. The van der Waals surface area contributed by atoms with Gasteiger partial charge in [0, 0.05) is 12.2 Å². The third-order valence-corrected chi connectivity index (χ3v) is 6.26. The van der Waals surface area contributed by atoms with Crippen LogP contribution in [-0.2, 0) is 47.9 Å². The Bertz CT molecular complexity index is 1200. The van der Waals surface area contributed by atoms with E-state index in [1.807, 2.05) is 5.32 Å². The molecule has 0 fully saturated rings. The maximum absolute atomic E-state index is 13.2. The number of carboxylic acids is 2. The van der Waals surface area contributed by atoms with Crippen LogP contribution in [0.1, 0.15) is 33.1 Å². The summed E-state index contributed by atoms with van der Waals surface area (Å²) in [7, 11) is 0. The predicted octanol–water partition coefficient (Wildman–Crippen LogP) is -6.36. The summed E-state index contributed by atoms with van der Waals surface area (Å²) in [4.78, 5) is 120. The third kappa shape index (κ3) is 17.9. The number of carbonyl (C=O) groups is 10. The molecule has 13 N–H and O–H groups in total. The summed E-state index contributed by atoms with van der Waals surface area (Å²) in [5.41, 5.74) is 10.3. The molecule has 0 aromatic heterocycles. The molecule has 22 heteroatoms. The summed E-state index contributed by atoms with van der Waals surface area (Å²) >= 11 is 4.03. The molecule has 0 aromatic carbocycles. The first-order chi connectivity index (χ1) is 21.9. The van der Waals surface area contributed by atoms with Crippen LogP contribution < -0.4 is 48.7 Å². The Hall–Kier alpha value is -4.99. The van der Waals surface area contributed by atoms with Crippen LogP contribution in [0.15, 0.2) is 0 Å². The van der Waals surface area contributed by atoms with Crippen LogP contribution in [0.25, 0.3) is 0 Å². The third-order valence-electron chi connectivity index (χ3n) is 5.90. The fourth-order valence-corrected chi connectivity index (χ4v) is 3.74. The van der Waals surface area contributed by atoms with E-state index in [0.29, 0.717) is 0 Å². The summed E-state index contributed by atoms with van der Waals surface area (Å²) in [6.45, 7) is 0.835. The van der Waals surface area contributed by atoms with Crippen LogP contribution in [-0.4, -0.2) is 126 Å². The lowest BCUT2D eigenvalue weighted by Crippen LogP contribution is -2.60. The SMILES string of the molecule is CC(C)[C@H](NC(=O)[C@H](CS)NC(=O)CNC(=O)CNC(=O)CN)C(=O)N[C@@H](CCC(N)=O)C(=O)N[C@@H](CC(=O)O)C(=O)NCC(=O)O. The van der Waals surface area contributed by atoms with Gasteiger partial charge in [-0.15, -0.1) is 0 Å². The average molecular weight is 692 g/mol. The summed E-state index contributed by atoms with van der Waals surface area (Å²) in [6, 6.07) is -5.98. The number of nitrogens with two attached hydrogens (primary N) is 2. The van der Waals surface area contributed by atoms with E-state index in [0.717, 1.165) is 0 Å². The summed E-state index contributed by atoms with van der Waals surface area (Å²) < 4.78 is 0. The molecule has 21 nitrogen and oxygen atoms in total. The zero-order chi connectivity index (χ0) is 36.3. The largest absolute Gasteiger partial charge is 0.481 e. The van der Waals surface area contributed by atoms with E-state index in [-0.39, 0.29) is 12.3 Å². The van der Waals surface area contributed by atoms with Gasteiger partial charge in [-0.2, -0.15) is 12.6 Å². The lowest BCUT2D eigenvalue weighted by Gasteiger charge is -2.27. The van der Waals surface area contributed by atoms with E-state index >= 15 is 0 Å². The van der Waals surface area contributed by atoms with Crippen molar-refractivity contribution in [2.24, 2.45) is 17.4 Å². The van der Waals surface area contributed by atoms with Gasteiger partial charge in [-0.3, -0.25) is 47.9 Å². The monoisotopic (exact) mass is 691 g/mol. The van der Waals surface area contributed by atoms with Gasteiger partial charge in [0.15, 0.2) is 0 Å². The van der Waals surface area contributed by atoms with Gasteiger partial charge in [-0.25, -0.2) is 0 Å². The van der Waals surface area contributed by atoms with E-state index in [2.05, 4.69) is 44.5 Å². The lowest BCUT2D eigenvalue weighted by molar-refractivity contribution is -0.142. The normalized spacial score (nSPS) is 13.0. The first-order valence-corrected chi connectivity index (χ1v) is 14.6. The number of hydrogen-bond donors (Lipinski definition) is 12. The molecule has 4 atom stereocenters. The highest BCUT2D eigenvalue weighted by Crippen LogP contribution is 2.07. The van der Waals surface area contributed by atoms with Gasteiger partial charge in [0.25, 0.3) is 0 Å². The number of amides is 8. The van der Waals surface area contributed by atoms with Crippen molar-refractivity contribution in [1.82, 2.24) is 37.2 Å². The zero-order valence-corrected chi connectivity index (χ0v) is 26.5. The standard InChI is InChI=1S/C25H41N9O12S/c1-11(2)21(34-24(45)14(10-47)31-18(38)8-29-17(37)7-28-16(36)6-26)25(46)32-12(3-4-15(27)35)23(44)33-13(5-19(39)40)22(43)30-9-20(41)42/h11-14,21,47H,3-10,26H2,1-2H3,(H2,27,35)(H,28,36)(H,29,37)(H,30,43)(H,31,38)(H,32,46)(H,33,44)(H,34,45)(H,39,40)(H,41,42)/t12-,13-,14-,21-/m0/s1. The highest BCUT2D eigenvalue weighted by Gasteiger charge is 2.33. The summed E-state index contributed by atoms with van der Waals surface area (Å²) in [6.07, 6.45) is -1.79. The molecule has 0 unspecified atom stereocenters. The first kappa shape index (κ1) is 42.0. The van der Waals surface area contributed by atoms with Crippen molar-refractivity contribution < 1.29 is 58.2 Å². The van der Waals surface area contributed by atoms with E-state index in [4.69, 9.17) is 21.7 Å². The smallest absolute Gasteiger partial charge is 0.322 e. The van der Waals surface area contributed by atoms with Crippen LogP contribution in [0.4, 0.5) is 0 Å². The number of hydrogen-bond acceptors (Lipinski definition) is 12. The minimum Gasteiger partial charge on any atom is -0.481 e. The van der Waals surface area contributed by atoms with Crippen molar-refractivity contribution in [1.29, 1.82) is 0 Å². The fourth-order valence-electron chi connectivity index (χ4n) is 3.48. The summed E-state index contributed by atoms with van der Waals surface area (Å²) in [5, 5.41) is 33.4. The Kier molecular flexibility index (Phi) is 19.4. The van der Waals surface area contributed by atoms with Crippen molar-refractivity contribution in [3.8, 4) is 0 Å². The Labute approximate surface area is 273 Å². The number of nitrogens with one attached hydrogen (secondary N) is 7. The molecule has 0 bridgehead atoms. The van der Waals surface area contributed by atoms with Crippen LogP contribution in [0.2, 0.25) is 0 Å². The van der Waals surface area contributed by atoms with Crippen molar-refractivity contribution in [2.75, 3.05) is 31.9 Å². The maximum Gasteiger partial charge on any atom is 0.322 e. The Morgan fingerprint density at radius 1 is 0.638 bits per heavy atom. The topological polar surface area (TPSA) is 347 Å². The van der Waals surface area contributed by atoms with Crippen LogP contribution in [0.5, 0.6) is 0 Å². The highest BCUT2D eigenvalue weighted by atomic mass is 32.1. The molecule has 0 aliphatic carbocycles. The number of thiol groups is 1. The number of carboxylic acid groups (broad SMARTS) is 2. The zero-order valence-electron chi connectivity index (χ0n) is 25.6. The molecule has 0 aromatic rings. The number of aliphatic carboxylic acids is 2. The number of primary amides is 1. The van der Waals surface area contributed by atoms with Gasteiger partial charge in [-0.05, 0) is 12.3 Å². The molecule has 0 rings (SSSR count). The first-order valence-electron chi connectivity index (χ1n) is 14.0. The second-order valence-electron chi connectivity index (χ2n) is 10.1. The van der Waals surface area contributed by atoms with Gasteiger partial charge >= 0.3 is 11.9 Å². The van der Waals surface area contributed by atoms with Crippen molar-refractivity contribution >= 4 is 71.8 Å². The molecule has 0 aliphatic rings. The van der Waals surface area contributed by atoms with E-state index in [1.165, 1.54) is 13.8 Å². The van der Waals surface area contributed by atoms with E-state index in [1.54, 1.807) is 0 Å². The molecule has 0 aliphatic heterocycles. The lowest BCUT2D eigenvalue weighted by atomic mass is 10.0. The molecule has 47 heavy (non-hydrogen) atoms. The van der Waals surface area contributed by atoms with Crippen LogP contribution in [0, 0.1) is 5.92 Å². The average Bonchev–Trinajstić information content (AvgIpc) is 2.99. The summed E-state index contributed by atoms with van der Waals surface area (Å²) in [5.74, 6) is -10.9. The minimum absolute atomic E-state index is 0.247. The number of carbonyl (C=O) groups excluding carboxylic acids is 8. The van der Waals surface area contributed by atoms with Crippen LogP contribution >= 0.6 is 12.6 Å². The second kappa shape index (κ2) is 21.7. The fraction of sp³-hybridized carbons (Fsp3) is 0.600. The Balaban J connectivity index is 5.63. The Morgan fingerprint density at radius 2 is 1.19 bits per heavy atom. The maximum atomic E-state index is 13.2. The van der Waals surface area contributed by atoms with Crippen molar-refractivity contribution in [2.45, 2.75) is 57.3 Å². The second-order valence-corrected chi connectivity index (χ2v) is 10.5. The van der Waals surface area contributed by atoms with Gasteiger partial charge in [0.05, 0.1) is 26.1 Å². The predicted molar refractivity (Wildman–Crippen MR) is 163 cm³/mol. The van der Waals surface area contributed by atoms with Gasteiger partial charge in [-0.1, -0.05) is 13.8 Å².